The van der Waals surface area contributed by atoms with Gasteiger partial charge in [0.1, 0.15) is 5.82 Å². The van der Waals surface area contributed by atoms with Crippen LogP contribution in [-0.4, -0.2) is 19.0 Å². The van der Waals surface area contributed by atoms with Gasteiger partial charge in [0.15, 0.2) is 0 Å². The van der Waals surface area contributed by atoms with Crippen LogP contribution < -0.4 is 11.1 Å². The molecule has 2 aromatic carbocycles. The molecule has 0 aliphatic carbocycles. The number of carbonyl (C=O) groups excluding carboxylic acids is 1. The van der Waals surface area contributed by atoms with Crippen molar-refractivity contribution in [2.75, 3.05) is 13.1 Å². The van der Waals surface area contributed by atoms with Gasteiger partial charge in [0.25, 0.3) is 5.91 Å². The Balaban J connectivity index is 1.82. The van der Waals surface area contributed by atoms with Gasteiger partial charge in [-0.1, -0.05) is 24.3 Å². The molecule has 2 aromatic rings. The second-order valence-electron chi connectivity index (χ2n) is 4.87. The Morgan fingerprint density at radius 2 is 1.52 bits per heavy atom. The Hall–Kier alpha value is -2.20. The summed E-state index contributed by atoms with van der Waals surface area (Å²) < 4.78 is 12.8. The van der Waals surface area contributed by atoms with Gasteiger partial charge >= 0.3 is 0 Å². The molecule has 2 rings (SSSR count). The number of hydrogen-bond donors (Lipinski definition) is 2. The van der Waals surface area contributed by atoms with Crippen molar-refractivity contribution in [1.29, 1.82) is 0 Å². The normalized spacial score (nSPS) is 10.4. The summed E-state index contributed by atoms with van der Waals surface area (Å²) in [4.78, 5) is 12.0. The fourth-order valence-corrected chi connectivity index (χ4v) is 2.06. The quantitative estimate of drug-likeness (QED) is 0.856. The molecule has 0 aliphatic rings. The topological polar surface area (TPSA) is 55.1 Å². The van der Waals surface area contributed by atoms with E-state index >= 15 is 0 Å². The highest BCUT2D eigenvalue weighted by molar-refractivity contribution is 5.94. The van der Waals surface area contributed by atoms with Crippen molar-refractivity contribution in [2.45, 2.75) is 12.8 Å². The van der Waals surface area contributed by atoms with E-state index in [9.17, 15) is 9.18 Å². The molecule has 110 valence electrons. The third kappa shape index (κ3) is 4.68. The lowest BCUT2D eigenvalue weighted by atomic mass is 10.1. The van der Waals surface area contributed by atoms with Crippen LogP contribution in [0.3, 0.4) is 0 Å². The van der Waals surface area contributed by atoms with E-state index in [0.717, 1.165) is 17.5 Å². The number of benzene rings is 2. The molecule has 0 atom stereocenters. The third-order valence-electron chi connectivity index (χ3n) is 3.26. The van der Waals surface area contributed by atoms with Gasteiger partial charge in [0.2, 0.25) is 0 Å². The van der Waals surface area contributed by atoms with E-state index in [1.54, 1.807) is 24.3 Å². The molecule has 1 amide bonds. The van der Waals surface area contributed by atoms with Gasteiger partial charge in [-0.3, -0.25) is 4.79 Å². The first-order valence-electron chi connectivity index (χ1n) is 7.00. The Bertz CT molecular complexity index is 579. The molecule has 0 saturated carbocycles. The van der Waals surface area contributed by atoms with Gasteiger partial charge in [-0.2, -0.15) is 0 Å². The summed E-state index contributed by atoms with van der Waals surface area (Å²) in [5.41, 5.74) is 8.24. The minimum Gasteiger partial charge on any atom is -0.352 e. The molecule has 0 spiro atoms. The van der Waals surface area contributed by atoms with Crippen LogP contribution in [0.15, 0.2) is 48.5 Å². The van der Waals surface area contributed by atoms with Crippen LogP contribution in [0.4, 0.5) is 4.39 Å². The Kier molecular flexibility index (Phi) is 5.46. The summed E-state index contributed by atoms with van der Waals surface area (Å²) in [5, 5.41) is 2.86. The SMILES string of the molecule is NCCc1ccc(C(=O)NCCc2ccc(F)cc2)cc1. The number of hydrogen-bond acceptors (Lipinski definition) is 2. The lowest BCUT2D eigenvalue weighted by Crippen LogP contribution is -2.25. The fraction of sp³-hybridized carbons (Fsp3) is 0.235. The van der Waals surface area contributed by atoms with Gasteiger partial charge in [-0.25, -0.2) is 4.39 Å². The molecule has 0 fully saturated rings. The van der Waals surface area contributed by atoms with Crippen molar-refractivity contribution in [2.24, 2.45) is 5.73 Å². The standard InChI is InChI=1S/C17H19FN2O/c18-16-7-3-14(4-8-16)10-12-20-17(21)15-5-1-13(2-6-15)9-11-19/h1-8H,9-12,19H2,(H,20,21). The number of nitrogens with two attached hydrogens (primary N) is 1. The van der Waals surface area contributed by atoms with E-state index in [-0.39, 0.29) is 11.7 Å². The Morgan fingerprint density at radius 3 is 2.14 bits per heavy atom. The van der Waals surface area contributed by atoms with Crippen LogP contribution in [0.1, 0.15) is 21.5 Å². The monoisotopic (exact) mass is 286 g/mol. The van der Waals surface area contributed by atoms with Gasteiger partial charge in [0.05, 0.1) is 0 Å². The number of amides is 1. The maximum absolute atomic E-state index is 12.8. The van der Waals surface area contributed by atoms with Crippen molar-refractivity contribution in [1.82, 2.24) is 5.32 Å². The summed E-state index contributed by atoms with van der Waals surface area (Å²) in [7, 11) is 0. The summed E-state index contributed by atoms with van der Waals surface area (Å²) in [5.74, 6) is -0.350. The molecule has 0 heterocycles. The summed E-state index contributed by atoms with van der Waals surface area (Å²) in [6.07, 6.45) is 1.49. The van der Waals surface area contributed by atoms with Crippen molar-refractivity contribution < 1.29 is 9.18 Å². The minimum absolute atomic E-state index is 0.101. The van der Waals surface area contributed by atoms with Crippen LogP contribution >= 0.6 is 0 Å². The Morgan fingerprint density at radius 1 is 0.952 bits per heavy atom. The van der Waals surface area contributed by atoms with Crippen molar-refractivity contribution in [3.63, 3.8) is 0 Å². The first kappa shape index (κ1) is 15.2. The lowest BCUT2D eigenvalue weighted by Gasteiger charge is -2.06. The molecule has 3 N–H and O–H groups in total. The van der Waals surface area contributed by atoms with Gasteiger partial charge in [-0.15, -0.1) is 0 Å². The zero-order valence-corrected chi connectivity index (χ0v) is 11.8. The molecule has 21 heavy (non-hydrogen) atoms. The molecule has 0 aliphatic heterocycles. The van der Waals surface area contributed by atoms with E-state index in [2.05, 4.69) is 5.32 Å². The second-order valence-corrected chi connectivity index (χ2v) is 4.87. The van der Waals surface area contributed by atoms with Crippen LogP contribution in [0.5, 0.6) is 0 Å². The van der Waals surface area contributed by atoms with Crippen molar-refractivity contribution >= 4 is 5.91 Å². The highest BCUT2D eigenvalue weighted by atomic mass is 19.1. The molecular weight excluding hydrogens is 267 g/mol. The van der Waals surface area contributed by atoms with Gasteiger partial charge in [0, 0.05) is 12.1 Å². The van der Waals surface area contributed by atoms with E-state index in [4.69, 9.17) is 5.73 Å². The maximum Gasteiger partial charge on any atom is 0.251 e. The third-order valence-corrected chi connectivity index (χ3v) is 3.26. The number of rotatable bonds is 6. The summed E-state index contributed by atoms with van der Waals surface area (Å²) in [6.45, 7) is 1.12. The molecule has 4 heteroatoms. The average Bonchev–Trinajstić information content (AvgIpc) is 2.50. The van der Waals surface area contributed by atoms with E-state index in [0.29, 0.717) is 25.1 Å². The minimum atomic E-state index is -0.250. The van der Waals surface area contributed by atoms with Crippen LogP contribution in [0, 0.1) is 5.82 Å². The molecule has 0 radical (unpaired) electrons. The van der Waals surface area contributed by atoms with Crippen molar-refractivity contribution in [3.8, 4) is 0 Å². The molecule has 0 saturated heterocycles. The van der Waals surface area contributed by atoms with E-state index in [1.807, 2.05) is 12.1 Å². The Labute approximate surface area is 124 Å². The average molecular weight is 286 g/mol. The zero-order chi connectivity index (χ0) is 15.1. The molecular formula is C17H19FN2O. The predicted octanol–water partition coefficient (Wildman–Crippen LogP) is 2.30. The highest BCUT2D eigenvalue weighted by Crippen LogP contribution is 2.06. The van der Waals surface area contributed by atoms with E-state index < -0.39 is 0 Å². The highest BCUT2D eigenvalue weighted by Gasteiger charge is 2.04. The lowest BCUT2D eigenvalue weighted by molar-refractivity contribution is 0.0954. The summed E-state index contributed by atoms with van der Waals surface area (Å²) >= 11 is 0. The number of halogens is 1. The van der Waals surface area contributed by atoms with Crippen molar-refractivity contribution in [3.05, 3.63) is 71.0 Å². The second kappa shape index (κ2) is 7.55. The number of carbonyl (C=O) groups is 1. The van der Waals surface area contributed by atoms with Gasteiger partial charge < -0.3 is 11.1 Å². The maximum atomic E-state index is 12.8. The predicted molar refractivity (Wildman–Crippen MR) is 81.6 cm³/mol. The first-order valence-corrected chi connectivity index (χ1v) is 7.00. The van der Waals surface area contributed by atoms with Crippen LogP contribution in [0.25, 0.3) is 0 Å². The molecule has 0 bridgehead atoms. The smallest absolute Gasteiger partial charge is 0.251 e. The van der Waals surface area contributed by atoms with Gasteiger partial charge in [-0.05, 0) is 54.8 Å². The summed E-state index contributed by atoms with van der Waals surface area (Å²) in [6, 6.07) is 13.7. The van der Waals surface area contributed by atoms with E-state index in [1.165, 1.54) is 12.1 Å². The molecule has 3 nitrogen and oxygen atoms in total. The number of nitrogens with one attached hydrogen (secondary N) is 1. The largest absolute Gasteiger partial charge is 0.352 e. The fourth-order valence-electron chi connectivity index (χ4n) is 2.06. The van der Waals surface area contributed by atoms with Crippen LogP contribution in [0.2, 0.25) is 0 Å². The van der Waals surface area contributed by atoms with Crippen LogP contribution in [-0.2, 0) is 12.8 Å². The zero-order valence-electron chi connectivity index (χ0n) is 11.8. The first-order chi connectivity index (χ1) is 10.2. The molecule has 0 aromatic heterocycles. The molecule has 0 unspecified atom stereocenters.